The van der Waals surface area contributed by atoms with E-state index in [2.05, 4.69) is 17.1 Å². The quantitative estimate of drug-likeness (QED) is 0.713. The van der Waals surface area contributed by atoms with Crippen LogP contribution in [0.3, 0.4) is 0 Å². The van der Waals surface area contributed by atoms with Gasteiger partial charge in [-0.05, 0) is 42.2 Å². The van der Waals surface area contributed by atoms with Crippen LogP contribution in [0.15, 0.2) is 54.7 Å². The Kier molecular flexibility index (Phi) is 3.25. The molecule has 3 heteroatoms. The summed E-state index contributed by atoms with van der Waals surface area (Å²) >= 11 is 0. The first-order valence-electron chi connectivity index (χ1n) is 6.58. The molecular weight excluding hydrogens is 250 g/mol. The summed E-state index contributed by atoms with van der Waals surface area (Å²) < 4.78 is 0. The van der Waals surface area contributed by atoms with Crippen molar-refractivity contribution in [3.05, 3.63) is 65.9 Å². The van der Waals surface area contributed by atoms with Crippen molar-refractivity contribution >= 4 is 10.9 Å². The minimum Gasteiger partial charge on any atom is -0.504 e. The van der Waals surface area contributed by atoms with E-state index in [0.29, 0.717) is 5.52 Å². The summed E-state index contributed by atoms with van der Waals surface area (Å²) in [6.07, 6.45) is 3.47. The molecular formula is C17H15NO2. The van der Waals surface area contributed by atoms with E-state index in [-0.39, 0.29) is 11.5 Å². The fraction of sp³-hybridized carbons (Fsp3) is 0.118. The number of pyridine rings is 1. The second kappa shape index (κ2) is 5.21. The topological polar surface area (TPSA) is 53.4 Å². The van der Waals surface area contributed by atoms with E-state index in [4.69, 9.17) is 0 Å². The third-order valence-electron chi connectivity index (χ3n) is 3.48. The van der Waals surface area contributed by atoms with Gasteiger partial charge in [-0.15, -0.1) is 0 Å². The van der Waals surface area contributed by atoms with Gasteiger partial charge in [-0.1, -0.05) is 30.3 Å². The molecule has 0 bridgehead atoms. The van der Waals surface area contributed by atoms with Gasteiger partial charge in [0.15, 0.2) is 11.5 Å². The number of aryl methyl sites for hydroxylation is 2. The van der Waals surface area contributed by atoms with Gasteiger partial charge < -0.3 is 10.2 Å². The van der Waals surface area contributed by atoms with Crippen LogP contribution in [0.25, 0.3) is 10.9 Å². The van der Waals surface area contributed by atoms with Gasteiger partial charge in [0.1, 0.15) is 5.52 Å². The highest BCUT2D eigenvalue weighted by atomic mass is 16.3. The van der Waals surface area contributed by atoms with E-state index in [0.717, 1.165) is 23.8 Å². The van der Waals surface area contributed by atoms with Crippen LogP contribution >= 0.6 is 0 Å². The summed E-state index contributed by atoms with van der Waals surface area (Å²) in [5, 5.41) is 20.3. The predicted octanol–water partition coefficient (Wildman–Crippen LogP) is 3.43. The lowest BCUT2D eigenvalue weighted by atomic mass is 10.0. The zero-order valence-corrected chi connectivity index (χ0v) is 11.0. The van der Waals surface area contributed by atoms with Gasteiger partial charge in [-0.25, -0.2) is 0 Å². The summed E-state index contributed by atoms with van der Waals surface area (Å²) in [5.74, 6) is -0.283. The largest absolute Gasteiger partial charge is 0.504 e. The summed E-state index contributed by atoms with van der Waals surface area (Å²) in [5.41, 5.74) is 2.85. The highest BCUT2D eigenvalue weighted by molar-refractivity contribution is 5.89. The molecule has 0 spiro atoms. The summed E-state index contributed by atoms with van der Waals surface area (Å²) in [6.45, 7) is 0. The molecule has 0 aliphatic heterocycles. The molecule has 3 aromatic rings. The molecule has 0 aliphatic carbocycles. The van der Waals surface area contributed by atoms with Crippen molar-refractivity contribution in [3.8, 4) is 11.5 Å². The molecule has 3 nitrogen and oxygen atoms in total. The average molecular weight is 265 g/mol. The lowest BCUT2D eigenvalue weighted by Gasteiger charge is -2.08. The first-order valence-corrected chi connectivity index (χ1v) is 6.58. The molecule has 20 heavy (non-hydrogen) atoms. The van der Waals surface area contributed by atoms with Crippen LogP contribution in [0.2, 0.25) is 0 Å². The first-order chi connectivity index (χ1) is 9.75. The monoisotopic (exact) mass is 265 g/mol. The minimum absolute atomic E-state index is 0.134. The van der Waals surface area contributed by atoms with Gasteiger partial charge in [-0.2, -0.15) is 0 Å². The van der Waals surface area contributed by atoms with Crippen molar-refractivity contribution in [2.45, 2.75) is 12.8 Å². The van der Waals surface area contributed by atoms with Gasteiger partial charge in [0.05, 0.1) is 0 Å². The van der Waals surface area contributed by atoms with Crippen molar-refractivity contribution in [3.63, 3.8) is 0 Å². The van der Waals surface area contributed by atoms with Crippen LogP contribution in [-0.4, -0.2) is 15.2 Å². The van der Waals surface area contributed by atoms with Crippen LogP contribution in [0.1, 0.15) is 11.1 Å². The van der Waals surface area contributed by atoms with Crippen LogP contribution < -0.4 is 0 Å². The third kappa shape index (κ3) is 2.30. The molecule has 3 rings (SSSR count). The van der Waals surface area contributed by atoms with Crippen molar-refractivity contribution < 1.29 is 10.2 Å². The van der Waals surface area contributed by atoms with E-state index in [1.165, 1.54) is 11.6 Å². The highest BCUT2D eigenvalue weighted by Gasteiger charge is 2.09. The molecule has 100 valence electrons. The second-order valence-corrected chi connectivity index (χ2v) is 4.79. The number of fused-ring (bicyclic) bond motifs is 1. The van der Waals surface area contributed by atoms with E-state index >= 15 is 0 Å². The Morgan fingerprint density at radius 2 is 1.65 bits per heavy atom. The molecule has 0 saturated heterocycles. The Hall–Kier alpha value is -2.55. The lowest BCUT2D eigenvalue weighted by Crippen LogP contribution is -1.93. The number of aromatic hydroxyl groups is 2. The first kappa shape index (κ1) is 12.5. The van der Waals surface area contributed by atoms with E-state index < -0.39 is 0 Å². The third-order valence-corrected chi connectivity index (χ3v) is 3.48. The van der Waals surface area contributed by atoms with E-state index in [9.17, 15) is 10.2 Å². The Morgan fingerprint density at radius 1 is 0.850 bits per heavy atom. The Bertz CT molecular complexity index is 739. The molecule has 2 N–H and O–H groups in total. The molecule has 0 atom stereocenters. The van der Waals surface area contributed by atoms with Crippen LogP contribution in [0.5, 0.6) is 11.5 Å². The number of benzene rings is 2. The number of hydrogen-bond acceptors (Lipinski definition) is 3. The normalized spacial score (nSPS) is 10.8. The van der Waals surface area contributed by atoms with Crippen molar-refractivity contribution in [1.82, 2.24) is 4.98 Å². The van der Waals surface area contributed by atoms with E-state index in [1.807, 2.05) is 24.3 Å². The predicted molar refractivity (Wildman–Crippen MR) is 78.9 cm³/mol. The van der Waals surface area contributed by atoms with Crippen molar-refractivity contribution in [1.29, 1.82) is 0 Å². The van der Waals surface area contributed by atoms with Gasteiger partial charge in [0.2, 0.25) is 0 Å². The van der Waals surface area contributed by atoms with Crippen LogP contribution in [0, 0.1) is 0 Å². The van der Waals surface area contributed by atoms with Gasteiger partial charge >= 0.3 is 0 Å². The molecule has 0 aliphatic rings. The van der Waals surface area contributed by atoms with Crippen LogP contribution in [0.4, 0.5) is 0 Å². The number of hydrogen-bond donors (Lipinski definition) is 2. The Labute approximate surface area is 117 Å². The van der Waals surface area contributed by atoms with Crippen LogP contribution in [-0.2, 0) is 12.8 Å². The number of rotatable bonds is 3. The summed E-state index contributed by atoms with van der Waals surface area (Å²) in [6, 6.07) is 15.5. The number of aromatic nitrogens is 1. The summed E-state index contributed by atoms with van der Waals surface area (Å²) in [4.78, 5) is 4.15. The number of phenolic OH excluding ortho intramolecular Hbond substituents is 2. The SMILES string of the molecule is Oc1ccc2c(CCc3ccccc3)ccnc2c1O. The molecule has 0 fully saturated rings. The zero-order chi connectivity index (χ0) is 13.9. The van der Waals surface area contributed by atoms with Crippen molar-refractivity contribution in [2.24, 2.45) is 0 Å². The molecule has 0 saturated carbocycles. The van der Waals surface area contributed by atoms with Gasteiger partial charge in [0, 0.05) is 11.6 Å². The Morgan fingerprint density at radius 3 is 2.45 bits per heavy atom. The zero-order valence-electron chi connectivity index (χ0n) is 11.0. The number of nitrogens with zero attached hydrogens (tertiary/aromatic N) is 1. The minimum atomic E-state index is -0.149. The molecule has 2 aromatic carbocycles. The fourth-order valence-electron chi connectivity index (χ4n) is 2.39. The molecule has 0 unspecified atom stereocenters. The van der Waals surface area contributed by atoms with Gasteiger partial charge in [-0.3, -0.25) is 4.98 Å². The standard InChI is InChI=1S/C17H15NO2/c19-15-9-8-14-13(10-11-18-16(14)17(15)20)7-6-12-4-2-1-3-5-12/h1-5,8-11,19-20H,6-7H2. The second-order valence-electron chi connectivity index (χ2n) is 4.79. The summed E-state index contributed by atoms with van der Waals surface area (Å²) in [7, 11) is 0. The molecule has 1 heterocycles. The highest BCUT2D eigenvalue weighted by Crippen LogP contribution is 2.33. The maximum absolute atomic E-state index is 9.86. The number of phenols is 2. The molecule has 0 radical (unpaired) electrons. The fourth-order valence-corrected chi connectivity index (χ4v) is 2.39. The lowest BCUT2D eigenvalue weighted by molar-refractivity contribution is 0.407. The Balaban J connectivity index is 1.94. The maximum Gasteiger partial charge on any atom is 0.184 e. The van der Waals surface area contributed by atoms with Gasteiger partial charge in [0.25, 0.3) is 0 Å². The van der Waals surface area contributed by atoms with E-state index in [1.54, 1.807) is 12.3 Å². The average Bonchev–Trinajstić information content (AvgIpc) is 2.50. The smallest absolute Gasteiger partial charge is 0.184 e. The molecule has 1 aromatic heterocycles. The maximum atomic E-state index is 9.86. The van der Waals surface area contributed by atoms with Crippen molar-refractivity contribution in [2.75, 3.05) is 0 Å². The molecule has 0 amide bonds.